The van der Waals surface area contributed by atoms with Crippen LogP contribution >= 0.6 is 0 Å². The van der Waals surface area contributed by atoms with Gasteiger partial charge in [0.25, 0.3) is 0 Å². The van der Waals surface area contributed by atoms with Gasteiger partial charge in [0.2, 0.25) is 0 Å². The summed E-state index contributed by atoms with van der Waals surface area (Å²) in [7, 11) is 0. The second-order valence-corrected chi connectivity index (χ2v) is 6.09. The highest BCUT2D eigenvalue weighted by Gasteiger charge is 2.21. The molecule has 2 rings (SSSR count). The van der Waals surface area contributed by atoms with E-state index in [0.717, 1.165) is 18.6 Å². The van der Waals surface area contributed by atoms with Crippen molar-refractivity contribution in [2.24, 2.45) is 0 Å². The van der Waals surface area contributed by atoms with Crippen LogP contribution in [0, 0.1) is 0 Å². The molecule has 1 aromatic rings. The van der Waals surface area contributed by atoms with Crippen LogP contribution in [0.2, 0.25) is 0 Å². The molecule has 108 valence electrons. The van der Waals surface area contributed by atoms with Crippen molar-refractivity contribution >= 4 is 0 Å². The standard InChI is InChI=1S/C16H28N2O/c1-13(2)18-10-8-15(9-11-18)17-14(3)6-7-16-5-4-12-19-16/h4-5,12-15,17H,6-11H2,1-3H3. The summed E-state index contributed by atoms with van der Waals surface area (Å²) in [4.78, 5) is 2.58. The highest BCUT2D eigenvalue weighted by molar-refractivity contribution is 4.98. The van der Waals surface area contributed by atoms with Gasteiger partial charge in [-0.15, -0.1) is 0 Å². The molecule has 1 aliphatic heterocycles. The fourth-order valence-corrected chi connectivity index (χ4v) is 2.88. The summed E-state index contributed by atoms with van der Waals surface area (Å²) in [6.07, 6.45) is 6.51. The molecule has 0 spiro atoms. The molecule has 0 aliphatic carbocycles. The van der Waals surface area contributed by atoms with Crippen LogP contribution in [0.3, 0.4) is 0 Å². The van der Waals surface area contributed by atoms with E-state index in [-0.39, 0.29) is 0 Å². The predicted octanol–water partition coefficient (Wildman–Crippen LogP) is 3.06. The van der Waals surface area contributed by atoms with Crippen molar-refractivity contribution in [3.05, 3.63) is 24.2 Å². The van der Waals surface area contributed by atoms with Gasteiger partial charge in [0.1, 0.15) is 5.76 Å². The summed E-state index contributed by atoms with van der Waals surface area (Å²) in [5, 5.41) is 3.77. The summed E-state index contributed by atoms with van der Waals surface area (Å²) in [6.45, 7) is 9.34. The molecule has 1 saturated heterocycles. The number of hydrogen-bond donors (Lipinski definition) is 1. The quantitative estimate of drug-likeness (QED) is 0.856. The molecule has 0 saturated carbocycles. The monoisotopic (exact) mass is 264 g/mol. The topological polar surface area (TPSA) is 28.4 Å². The molecule has 0 aromatic carbocycles. The van der Waals surface area contributed by atoms with Gasteiger partial charge in [-0.25, -0.2) is 0 Å². The molecule has 19 heavy (non-hydrogen) atoms. The first-order chi connectivity index (χ1) is 9.15. The summed E-state index contributed by atoms with van der Waals surface area (Å²) >= 11 is 0. The zero-order valence-electron chi connectivity index (χ0n) is 12.6. The Morgan fingerprint density at radius 2 is 2.05 bits per heavy atom. The lowest BCUT2D eigenvalue weighted by Gasteiger charge is -2.36. The van der Waals surface area contributed by atoms with E-state index in [0.29, 0.717) is 18.1 Å². The number of nitrogens with one attached hydrogen (secondary N) is 1. The van der Waals surface area contributed by atoms with Crippen molar-refractivity contribution in [2.75, 3.05) is 13.1 Å². The second-order valence-electron chi connectivity index (χ2n) is 6.09. The van der Waals surface area contributed by atoms with E-state index in [4.69, 9.17) is 4.42 Å². The number of rotatable bonds is 6. The predicted molar refractivity (Wildman–Crippen MR) is 79.4 cm³/mol. The van der Waals surface area contributed by atoms with Crippen LogP contribution in [0.1, 0.15) is 45.8 Å². The Hall–Kier alpha value is -0.800. The maximum atomic E-state index is 5.38. The number of hydrogen-bond acceptors (Lipinski definition) is 3. The van der Waals surface area contributed by atoms with Crippen LogP contribution in [0.15, 0.2) is 22.8 Å². The van der Waals surface area contributed by atoms with Gasteiger partial charge in [-0.1, -0.05) is 0 Å². The lowest BCUT2D eigenvalue weighted by atomic mass is 10.0. The first-order valence-corrected chi connectivity index (χ1v) is 7.67. The molecule has 0 radical (unpaired) electrons. The first-order valence-electron chi connectivity index (χ1n) is 7.67. The number of aryl methyl sites for hydroxylation is 1. The second kappa shape index (κ2) is 7.11. The SMILES string of the molecule is CC(CCc1ccco1)NC1CCN(C(C)C)CC1. The molecule has 0 amide bonds. The summed E-state index contributed by atoms with van der Waals surface area (Å²) in [6, 6.07) is 5.99. The molecule has 1 unspecified atom stereocenters. The van der Waals surface area contributed by atoms with Gasteiger partial charge >= 0.3 is 0 Å². The number of piperidine rings is 1. The van der Waals surface area contributed by atoms with Crippen molar-refractivity contribution in [2.45, 2.75) is 64.6 Å². The van der Waals surface area contributed by atoms with Gasteiger partial charge in [-0.05, 0) is 65.3 Å². The Labute approximate surface area is 117 Å². The fraction of sp³-hybridized carbons (Fsp3) is 0.750. The highest BCUT2D eigenvalue weighted by atomic mass is 16.3. The van der Waals surface area contributed by atoms with Crippen LogP contribution in [0.5, 0.6) is 0 Å². The summed E-state index contributed by atoms with van der Waals surface area (Å²) < 4.78 is 5.38. The molecule has 2 heterocycles. The third-order valence-corrected chi connectivity index (χ3v) is 4.18. The van der Waals surface area contributed by atoms with Crippen molar-refractivity contribution < 1.29 is 4.42 Å². The molecule has 1 atom stereocenters. The minimum atomic E-state index is 0.570. The third kappa shape index (κ3) is 4.66. The average molecular weight is 264 g/mol. The summed E-state index contributed by atoms with van der Waals surface area (Å²) in [5.41, 5.74) is 0. The van der Waals surface area contributed by atoms with Gasteiger partial charge in [0, 0.05) is 24.5 Å². The van der Waals surface area contributed by atoms with Gasteiger partial charge in [-0.3, -0.25) is 0 Å². The molecule has 1 N–H and O–H groups in total. The van der Waals surface area contributed by atoms with E-state index in [1.165, 1.54) is 25.9 Å². The van der Waals surface area contributed by atoms with Crippen LogP contribution in [0.25, 0.3) is 0 Å². The van der Waals surface area contributed by atoms with Crippen molar-refractivity contribution in [3.8, 4) is 0 Å². The van der Waals surface area contributed by atoms with Crippen molar-refractivity contribution in [3.63, 3.8) is 0 Å². The molecule has 3 nitrogen and oxygen atoms in total. The molecule has 1 aliphatic rings. The minimum Gasteiger partial charge on any atom is -0.469 e. The zero-order chi connectivity index (χ0) is 13.7. The van der Waals surface area contributed by atoms with E-state index in [2.05, 4.69) is 37.1 Å². The normalized spacial score (nSPS) is 20.0. The molecule has 1 fully saturated rings. The maximum Gasteiger partial charge on any atom is 0.103 e. The zero-order valence-corrected chi connectivity index (χ0v) is 12.6. The highest BCUT2D eigenvalue weighted by Crippen LogP contribution is 2.14. The minimum absolute atomic E-state index is 0.570. The molecular formula is C16H28N2O. The fourth-order valence-electron chi connectivity index (χ4n) is 2.88. The van der Waals surface area contributed by atoms with Crippen LogP contribution in [0.4, 0.5) is 0 Å². The lowest BCUT2D eigenvalue weighted by molar-refractivity contribution is 0.156. The first kappa shape index (κ1) is 14.6. The van der Waals surface area contributed by atoms with E-state index in [1.807, 2.05) is 6.07 Å². The molecule has 0 bridgehead atoms. The van der Waals surface area contributed by atoms with Gasteiger partial charge in [-0.2, -0.15) is 0 Å². The third-order valence-electron chi connectivity index (χ3n) is 4.18. The molecular weight excluding hydrogens is 236 g/mol. The van der Waals surface area contributed by atoms with E-state index in [9.17, 15) is 0 Å². The van der Waals surface area contributed by atoms with Gasteiger partial charge < -0.3 is 14.6 Å². The Balaban J connectivity index is 1.64. The van der Waals surface area contributed by atoms with Gasteiger partial charge in [0.05, 0.1) is 6.26 Å². The largest absolute Gasteiger partial charge is 0.469 e. The Kier molecular flexibility index (Phi) is 5.46. The van der Waals surface area contributed by atoms with Crippen molar-refractivity contribution in [1.82, 2.24) is 10.2 Å². The van der Waals surface area contributed by atoms with Gasteiger partial charge in [0.15, 0.2) is 0 Å². The van der Waals surface area contributed by atoms with Crippen LogP contribution < -0.4 is 5.32 Å². The maximum absolute atomic E-state index is 5.38. The Bertz CT molecular complexity index is 340. The Morgan fingerprint density at radius 1 is 1.32 bits per heavy atom. The van der Waals surface area contributed by atoms with E-state index < -0.39 is 0 Å². The Morgan fingerprint density at radius 3 is 2.63 bits per heavy atom. The van der Waals surface area contributed by atoms with E-state index in [1.54, 1.807) is 6.26 Å². The number of likely N-dealkylation sites (tertiary alicyclic amines) is 1. The number of furan rings is 1. The molecule has 3 heteroatoms. The number of nitrogens with zero attached hydrogens (tertiary/aromatic N) is 1. The smallest absolute Gasteiger partial charge is 0.103 e. The van der Waals surface area contributed by atoms with Crippen molar-refractivity contribution in [1.29, 1.82) is 0 Å². The molecule has 1 aromatic heterocycles. The lowest BCUT2D eigenvalue weighted by Crippen LogP contribution is -2.47. The average Bonchev–Trinajstić information content (AvgIpc) is 2.90. The summed E-state index contributed by atoms with van der Waals surface area (Å²) in [5.74, 6) is 1.10. The van der Waals surface area contributed by atoms with Crippen LogP contribution in [-0.4, -0.2) is 36.1 Å². The van der Waals surface area contributed by atoms with E-state index >= 15 is 0 Å². The van der Waals surface area contributed by atoms with Crippen LogP contribution in [-0.2, 0) is 6.42 Å².